The highest BCUT2D eigenvalue weighted by molar-refractivity contribution is 5.87. The second-order valence-electron chi connectivity index (χ2n) is 4.08. The van der Waals surface area contributed by atoms with Crippen LogP contribution in [0.5, 0.6) is 0 Å². The maximum atomic E-state index is 10.7. The van der Waals surface area contributed by atoms with Gasteiger partial charge in [0.05, 0.1) is 12.7 Å². The number of esters is 2. The molecule has 0 saturated heterocycles. The van der Waals surface area contributed by atoms with E-state index in [1.165, 1.54) is 0 Å². The Morgan fingerprint density at radius 1 is 1.10 bits per heavy atom. The third-order valence-corrected chi connectivity index (χ3v) is 1.90. The van der Waals surface area contributed by atoms with Gasteiger partial charge in [0.25, 0.3) is 0 Å². The van der Waals surface area contributed by atoms with Crippen molar-refractivity contribution in [2.45, 2.75) is 33.3 Å². The summed E-state index contributed by atoms with van der Waals surface area (Å²) in [5.74, 6) is -0.901. The summed E-state index contributed by atoms with van der Waals surface area (Å²) in [5, 5.41) is 17.2. The molecule has 0 spiro atoms. The zero-order valence-corrected chi connectivity index (χ0v) is 12.3. The van der Waals surface area contributed by atoms with Crippen molar-refractivity contribution in [1.29, 1.82) is 0 Å². The van der Waals surface area contributed by atoms with Crippen molar-refractivity contribution in [2.75, 3.05) is 19.8 Å². The van der Waals surface area contributed by atoms with Gasteiger partial charge in [-0.05, 0) is 20.3 Å². The molecule has 6 heteroatoms. The molecule has 0 aliphatic carbocycles. The predicted molar refractivity (Wildman–Crippen MR) is 74.9 cm³/mol. The van der Waals surface area contributed by atoms with Gasteiger partial charge < -0.3 is 19.7 Å². The van der Waals surface area contributed by atoms with Crippen molar-refractivity contribution in [3.63, 3.8) is 0 Å². The Labute approximate surface area is 119 Å². The van der Waals surface area contributed by atoms with Gasteiger partial charge in [-0.2, -0.15) is 0 Å². The van der Waals surface area contributed by atoms with Gasteiger partial charge in [0, 0.05) is 11.1 Å². The van der Waals surface area contributed by atoms with Crippen LogP contribution in [0.2, 0.25) is 0 Å². The summed E-state index contributed by atoms with van der Waals surface area (Å²) in [6.07, 6.45) is 0.0296. The van der Waals surface area contributed by atoms with E-state index in [-0.39, 0.29) is 19.8 Å². The lowest BCUT2D eigenvalue weighted by Crippen LogP contribution is -2.17. The highest BCUT2D eigenvalue weighted by atomic mass is 16.5. The molecule has 0 radical (unpaired) electrons. The zero-order valence-electron chi connectivity index (χ0n) is 12.3. The summed E-state index contributed by atoms with van der Waals surface area (Å²) in [6.45, 7) is 11.7. The zero-order chi connectivity index (χ0) is 16.1. The van der Waals surface area contributed by atoms with Crippen LogP contribution in [0, 0.1) is 0 Å². The molecular formula is C14H24O6. The molecule has 0 aromatic rings. The van der Waals surface area contributed by atoms with Gasteiger partial charge in [-0.1, -0.05) is 20.1 Å². The van der Waals surface area contributed by atoms with Gasteiger partial charge in [0.2, 0.25) is 0 Å². The monoisotopic (exact) mass is 288 g/mol. The fourth-order valence-electron chi connectivity index (χ4n) is 0.674. The van der Waals surface area contributed by atoms with Crippen LogP contribution >= 0.6 is 0 Å². The Morgan fingerprint density at radius 3 is 1.90 bits per heavy atom. The van der Waals surface area contributed by atoms with E-state index in [9.17, 15) is 9.59 Å². The van der Waals surface area contributed by atoms with E-state index in [2.05, 4.69) is 22.6 Å². The molecule has 0 aliphatic heterocycles. The van der Waals surface area contributed by atoms with E-state index >= 15 is 0 Å². The minimum Gasteiger partial charge on any atom is -0.460 e. The standard InChI is InChI=1S/C8H14O3.C6H10O3/c1-4-7(9)5-11-8(10)6(2)3;1-5(2)6(8)9-4-3-7/h7,9H,2,4-5H2,1,3H3;7H,1,3-4H2,2H3. The summed E-state index contributed by atoms with van der Waals surface area (Å²) < 4.78 is 9.13. The van der Waals surface area contributed by atoms with Gasteiger partial charge in [-0.3, -0.25) is 0 Å². The van der Waals surface area contributed by atoms with Crippen LogP contribution in [-0.4, -0.2) is 48.1 Å². The first-order valence-corrected chi connectivity index (χ1v) is 6.20. The van der Waals surface area contributed by atoms with E-state index in [0.717, 1.165) is 0 Å². The van der Waals surface area contributed by atoms with E-state index in [1.807, 2.05) is 6.92 Å². The van der Waals surface area contributed by atoms with E-state index in [4.69, 9.17) is 10.2 Å². The first-order valence-electron chi connectivity index (χ1n) is 6.20. The van der Waals surface area contributed by atoms with Crippen molar-refractivity contribution in [3.8, 4) is 0 Å². The van der Waals surface area contributed by atoms with Gasteiger partial charge in [0.15, 0.2) is 0 Å². The molecule has 0 bridgehead atoms. The second kappa shape index (κ2) is 12.4. The van der Waals surface area contributed by atoms with Gasteiger partial charge >= 0.3 is 11.9 Å². The van der Waals surface area contributed by atoms with Crippen molar-refractivity contribution in [3.05, 3.63) is 24.3 Å². The topological polar surface area (TPSA) is 93.1 Å². The molecule has 2 N–H and O–H groups in total. The first kappa shape index (κ1) is 20.7. The third kappa shape index (κ3) is 12.8. The van der Waals surface area contributed by atoms with Crippen LogP contribution in [0.4, 0.5) is 0 Å². The summed E-state index contributed by atoms with van der Waals surface area (Å²) in [6, 6.07) is 0. The molecule has 6 nitrogen and oxygen atoms in total. The number of ether oxygens (including phenoxy) is 2. The minimum atomic E-state index is -0.557. The molecule has 0 rings (SSSR count). The Hall–Kier alpha value is -1.66. The molecule has 0 heterocycles. The lowest BCUT2D eigenvalue weighted by molar-refractivity contribution is -0.142. The molecule has 0 saturated carbocycles. The fourth-order valence-corrected chi connectivity index (χ4v) is 0.674. The van der Waals surface area contributed by atoms with E-state index in [1.54, 1.807) is 13.8 Å². The molecular weight excluding hydrogens is 264 g/mol. The summed E-state index contributed by atoms with van der Waals surface area (Å²) in [7, 11) is 0. The lowest BCUT2D eigenvalue weighted by Gasteiger charge is -2.07. The molecule has 116 valence electrons. The molecule has 1 atom stereocenters. The van der Waals surface area contributed by atoms with E-state index < -0.39 is 18.0 Å². The quantitative estimate of drug-likeness (QED) is 0.536. The van der Waals surface area contributed by atoms with Crippen molar-refractivity contribution in [1.82, 2.24) is 0 Å². The SMILES string of the molecule is C=C(C)C(=O)OCC(O)CC.C=C(C)C(=O)OCCO. The maximum Gasteiger partial charge on any atom is 0.333 e. The normalized spacial score (nSPS) is 10.7. The predicted octanol–water partition coefficient (Wildman–Crippen LogP) is 0.975. The molecule has 0 aromatic carbocycles. The number of aliphatic hydroxyl groups excluding tert-OH is 2. The molecule has 0 aliphatic rings. The molecule has 1 unspecified atom stereocenters. The largest absolute Gasteiger partial charge is 0.460 e. The molecule has 0 amide bonds. The number of rotatable bonds is 7. The minimum absolute atomic E-state index is 0.0473. The van der Waals surface area contributed by atoms with Gasteiger partial charge in [0.1, 0.15) is 13.2 Å². The van der Waals surface area contributed by atoms with Crippen LogP contribution in [0.3, 0.4) is 0 Å². The molecule has 20 heavy (non-hydrogen) atoms. The van der Waals surface area contributed by atoms with Crippen molar-refractivity contribution >= 4 is 11.9 Å². The summed E-state index contributed by atoms with van der Waals surface area (Å²) in [5.41, 5.74) is 0.705. The van der Waals surface area contributed by atoms with Crippen LogP contribution in [0.1, 0.15) is 27.2 Å². The Kier molecular flexibility index (Phi) is 12.8. The average molecular weight is 288 g/mol. The molecule has 0 fully saturated rings. The van der Waals surface area contributed by atoms with Crippen LogP contribution in [-0.2, 0) is 19.1 Å². The van der Waals surface area contributed by atoms with E-state index in [0.29, 0.717) is 17.6 Å². The van der Waals surface area contributed by atoms with Gasteiger partial charge in [-0.15, -0.1) is 0 Å². The maximum absolute atomic E-state index is 10.7. The third-order valence-electron chi connectivity index (χ3n) is 1.90. The highest BCUT2D eigenvalue weighted by Crippen LogP contribution is 1.96. The molecule has 0 aromatic heterocycles. The van der Waals surface area contributed by atoms with Crippen LogP contribution in [0.25, 0.3) is 0 Å². The number of carbonyl (C=O) groups excluding carboxylic acids is 2. The fraction of sp³-hybridized carbons (Fsp3) is 0.571. The number of hydrogen-bond donors (Lipinski definition) is 2. The van der Waals surface area contributed by atoms with Crippen molar-refractivity contribution < 1.29 is 29.3 Å². The number of carbonyl (C=O) groups is 2. The number of hydrogen-bond acceptors (Lipinski definition) is 6. The van der Waals surface area contributed by atoms with Crippen molar-refractivity contribution in [2.24, 2.45) is 0 Å². The second-order valence-corrected chi connectivity index (χ2v) is 4.08. The van der Waals surface area contributed by atoms with Crippen LogP contribution < -0.4 is 0 Å². The summed E-state index contributed by atoms with van der Waals surface area (Å²) >= 11 is 0. The highest BCUT2D eigenvalue weighted by Gasteiger charge is 2.06. The average Bonchev–Trinajstić information content (AvgIpc) is 2.41. The Bertz CT molecular complexity index is 335. The van der Waals surface area contributed by atoms with Crippen LogP contribution in [0.15, 0.2) is 24.3 Å². The lowest BCUT2D eigenvalue weighted by atomic mass is 10.3. The number of aliphatic hydroxyl groups is 2. The smallest absolute Gasteiger partial charge is 0.333 e. The first-order chi connectivity index (χ1) is 9.26. The summed E-state index contributed by atoms with van der Waals surface area (Å²) in [4.78, 5) is 21.2. The Balaban J connectivity index is 0. The van der Waals surface area contributed by atoms with Gasteiger partial charge in [-0.25, -0.2) is 9.59 Å². The Morgan fingerprint density at radius 2 is 1.55 bits per heavy atom.